The SMILES string of the molecule is CNC(c1csnn1)c1cc2ccccc2o1. The van der Waals surface area contributed by atoms with Crippen molar-refractivity contribution in [1.82, 2.24) is 14.9 Å². The third-order valence-corrected chi connectivity index (χ3v) is 3.21. The average Bonchev–Trinajstić information content (AvgIpc) is 2.98. The van der Waals surface area contributed by atoms with Crippen LogP contribution in [-0.4, -0.2) is 16.6 Å². The number of fused-ring (bicyclic) bond motifs is 1. The lowest BCUT2D eigenvalue weighted by molar-refractivity contribution is 0.485. The number of nitrogens with zero attached hydrogens (tertiary/aromatic N) is 2. The number of rotatable bonds is 3. The van der Waals surface area contributed by atoms with Crippen LogP contribution in [0.3, 0.4) is 0 Å². The fraction of sp³-hybridized carbons (Fsp3) is 0.167. The third-order valence-electron chi connectivity index (χ3n) is 2.69. The summed E-state index contributed by atoms with van der Waals surface area (Å²) in [5.74, 6) is 0.862. The molecule has 3 rings (SSSR count). The van der Waals surface area contributed by atoms with Crippen molar-refractivity contribution in [2.24, 2.45) is 0 Å². The van der Waals surface area contributed by atoms with Crippen LogP contribution < -0.4 is 5.32 Å². The van der Waals surface area contributed by atoms with E-state index >= 15 is 0 Å². The molecule has 4 nitrogen and oxygen atoms in total. The smallest absolute Gasteiger partial charge is 0.134 e. The number of aromatic nitrogens is 2. The van der Waals surface area contributed by atoms with Crippen molar-refractivity contribution in [1.29, 1.82) is 0 Å². The van der Waals surface area contributed by atoms with E-state index in [2.05, 4.69) is 14.9 Å². The molecule has 5 heteroatoms. The van der Waals surface area contributed by atoms with Crippen molar-refractivity contribution < 1.29 is 4.42 Å². The third kappa shape index (κ3) is 1.83. The standard InChI is InChI=1S/C12H11N3OS/c1-13-12(9-7-17-15-14-9)11-6-8-4-2-3-5-10(8)16-11/h2-7,12-13H,1H3. The van der Waals surface area contributed by atoms with Crippen LogP contribution in [-0.2, 0) is 0 Å². The van der Waals surface area contributed by atoms with Crippen LogP contribution in [0.4, 0.5) is 0 Å². The molecule has 0 saturated heterocycles. The molecular formula is C12H11N3OS. The van der Waals surface area contributed by atoms with Crippen LogP contribution >= 0.6 is 11.5 Å². The van der Waals surface area contributed by atoms with Gasteiger partial charge in [-0.05, 0) is 30.7 Å². The lowest BCUT2D eigenvalue weighted by Gasteiger charge is -2.09. The summed E-state index contributed by atoms with van der Waals surface area (Å²) < 4.78 is 9.70. The second kappa shape index (κ2) is 4.27. The monoisotopic (exact) mass is 245 g/mol. The van der Waals surface area contributed by atoms with Gasteiger partial charge in [-0.3, -0.25) is 0 Å². The molecule has 0 saturated carbocycles. The Morgan fingerprint density at radius 2 is 2.24 bits per heavy atom. The van der Waals surface area contributed by atoms with Gasteiger partial charge in [0.25, 0.3) is 0 Å². The van der Waals surface area contributed by atoms with E-state index in [0.717, 1.165) is 22.4 Å². The molecular weight excluding hydrogens is 234 g/mol. The Balaban J connectivity index is 2.07. The van der Waals surface area contributed by atoms with Crippen molar-refractivity contribution in [2.45, 2.75) is 6.04 Å². The van der Waals surface area contributed by atoms with Gasteiger partial charge in [-0.1, -0.05) is 22.7 Å². The molecule has 3 aromatic rings. The normalized spacial score (nSPS) is 13.0. The number of hydrogen-bond acceptors (Lipinski definition) is 5. The van der Waals surface area contributed by atoms with Gasteiger partial charge in [-0.25, -0.2) is 0 Å². The molecule has 0 spiro atoms. The first kappa shape index (κ1) is 10.4. The van der Waals surface area contributed by atoms with Crippen LogP contribution in [0, 0.1) is 0 Å². The predicted octanol–water partition coefficient (Wildman–Crippen LogP) is 2.59. The fourth-order valence-corrected chi connectivity index (χ4v) is 2.36. The zero-order valence-electron chi connectivity index (χ0n) is 9.25. The molecule has 1 aromatic carbocycles. The minimum atomic E-state index is -0.0406. The first-order valence-corrected chi connectivity index (χ1v) is 6.15. The Morgan fingerprint density at radius 1 is 1.35 bits per heavy atom. The highest BCUT2D eigenvalue weighted by Crippen LogP contribution is 2.27. The largest absolute Gasteiger partial charge is 0.459 e. The molecule has 1 atom stereocenters. The highest BCUT2D eigenvalue weighted by atomic mass is 32.1. The Hall–Kier alpha value is -1.72. The van der Waals surface area contributed by atoms with Gasteiger partial charge in [-0.15, -0.1) is 5.10 Å². The van der Waals surface area contributed by atoms with E-state index in [-0.39, 0.29) is 6.04 Å². The first-order chi connectivity index (χ1) is 8.38. The molecule has 17 heavy (non-hydrogen) atoms. The summed E-state index contributed by atoms with van der Waals surface area (Å²) in [5.41, 5.74) is 1.78. The maximum atomic E-state index is 5.82. The lowest BCUT2D eigenvalue weighted by atomic mass is 10.1. The molecule has 1 N–H and O–H groups in total. The van der Waals surface area contributed by atoms with E-state index in [4.69, 9.17) is 4.42 Å². The van der Waals surface area contributed by atoms with E-state index in [1.54, 1.807) is 0 Å². The van der Waals surface area contributed by atoms with Gasteiger partial charge in [0.2, 0.25) is 0 Å². The minimum Gasteiger partial charge on any atom is -0.459 e. The quantitative estimate of drug-likeness (QED) is 0.770. The Bertz CT molecular complexity index is 585. The van der Waals surface area contributed by atoms with Crippen molar-refractivity contribution >= 4 is 22.5 Å². The van der Waals surface area contributed by atoms with Gasteiger partial charge in [0.1, 0.15) is 23.1 Å². The highest BCUT2D eigenvalue weighted by molar-refractivity contribution is 7.03. The summed E-state index contributed by atoms with van der Waals surface area (Å²) in [7, 11) is 1.89. The Kier molecular flexibility index (Phi) is 2.62. The lowest BCUT2D eigenvalue weighted by Crippen LogP contribution is -2.17. The first-order valence-electron chi connectivity index (χ1n) is 5.31. The predicted molar refractivity (Wildman–Crippen MR) is 67.0 cm³/mol. The van der Waals surface area contributed by atoms with Gasteiger partial charge >= 0.3 is 0 Å². The van der Waals surface area contributed by atoms with E-state index < -0.39 is 0 Å². The summed E-state index contributed by atoms with van der Waals surface area (Å²) in [6.45, 7) is 0. The zero-order chi connectivity index (χ0) is 11.7. The summed E-state index contributed by atoms with van der Waals surface area (Å²) in [4.78, 5) is 0. The summed E-state index contributed by atoms with van der Waals surface area (Å²) in [6.07, 6.45) is 0. The van der Waals surface area contributed by atoms with Crippen LogP contribution in [0.5, 0.6) is 0 Å². The van der Waals surface area contributed by atoms with Crippen LogP contribution in [0.25, 0.3) is 11.0 Å². The summed E-state index contributed by atoms with van der Waals surface area (Å²) in [6, 6.07) is 9.96. The van der Waals surface area contributed by atoms with Crippen molar-refractivity contribution in [3.63, 3.8) is 0 Å². The maximum absolute atomic E-state index is 5.82. The van der Waals surface area contributed by atoms with E-state index in [1.807, 2.05) is 42.8 Å². The number of benzene rings is 1. The molecule has 0 aliphatic heterocycles. The molecule has 0 aliphatic rings. The van der Waals surface area contributed by atoms with Gasteiger partial charge in [0.05, 0.1) is 0 Å². The number of para-hydroxylation sites is 1. The molecule has 0 radical (unpaired) electrons. The maximum Gasteiger partial charge on any atom is 0.134 e. The van der Waals surface area contributed by atoms with Crippen LogP contribution in [0.2, 0.25) is 0 Å². The average molecular weight is 245 g/mol. The second-order valence-corrected chi connectivity index (χ2v) is 4.35. The molecule has 2 aromatic heterocycles. The highest BCUT2D eigenvalue weighted by Gasteiger charge is 2.18. The zero-order valence-corrected chi connectivity index (χ0v) is 10.1. The number of hydrogen-bond donors (Lipinski definition) is 1. The summed E-state index contributed by atoms with van der Waals surface area (Å²) in [5, 5.41) is 10.3. The van der Waals surface area contributed by atoms with E-state index in [9.17, 15) is 0 Å². The van der Waals surface area contributed by atoms with Crippen LogP contribution in [0.15, 0.2) is 40.1 Å². The van der Waals surface area contributed by atoms with Crippen molar-refractivity contribution in [3.05, 3.63) is 47.2 Å². The number of furan rings is 1. The molecule has 1 unspecified atom stereocenters. The van der Waals surface area contributed by atoms with E-state index in [0.29, 0.717) is 0 Å². The van der Waals surface area contributed by atoms with Gasteiger partial charge < -0.3 is 9.73 Å². The molecule has 86 valence electrons. The van der Waals surface area contributed by atoms with Crippen molar-refractivity contribution in [3.8, 4) is 0 Å². The molecule has 0 fully saturated rings. The molecule has 0 bridgehead atoms. The Labute approximate surface area is 102 Å². The molecule has 0 aliphatic carbocycles. The number of nitrogens with one attached hydrogen (secondary N) is 1. The second-order valence-electron chi connectivity index (χ2n) is 3.74. The molecule has 0 amide bonds. The van der Waals surface area contributed by atoms with E-state index in [1.165, 1.54) is 11.5 Å². The van der Waals surface area contributed by atoms with Gasteiger partial charge in [-0.2, -0.15) is 0 Å². The topological polar surface area (TPSA) is 51.0 Å². The molecule has 2 heterocycles. The van der Waals surface area contributed by atoms with Gasteiger partial charge in [0.15, 0.2) is 0 Å². The fourth-order valence-electron chi connectivity index (χ4n) is 1.88. The Morgan fingerprint density at radius 3 is 2.94 bits per heavy atom. The van der Waals surface area contributed by atoms with Crippen LogP contribution in [0.1, 0.15) is 17.5 Å². The minimum absolute atomic E-state index is 0.0406. The summed E-state index contributed by atoms with van der Waals surface area (Å²) >= 11 is 1.34. The van der Waals surface area contributed by atoms with Crippen molar-refractivity contribution in [2.75, 3.05) is 7.05 Å². The van der Waals surface area contributed by atoms with Gasteiger partial charge in [0, 0.05) is 10.8 Å².